The SMILES string of the molecule is O=S(=O)(N[C@H]1CCc2nnc(-c3ccccc3)n2C1)C1CC1. The van der Waals surface area contributed by atoms with Crippen LogP contribution in [-0.4, -0.2) is 34.5 Å². The van der Waals surface area contributed by atoms with Crippen molar-refractivity contribution in [3.8, 4) is 11.4 Å². The number of nitrogens with zero attached hydrogens (tertiary/aromatic N) is 3. The lowest BCUT2D eigenvalue weighted by Crippen LogP contribution is -2.42. The molecule has 1 atom stereocenters. The maximum atomic E-state index is 12.1. The molecule has 6 nitrogen and oxygen atoms in total. The van der Waals surface area contributed by atoms with E-state index in [-0.39, 0.29) is 11.3 Å². The lowest BCUT2D eigenvalue weighted by atomic mass is 10.1. The molecule has 1 aromatic carbocycles. The molecular formula is C15H18N4O2S. The Kier molecular flexibility index (Phi) is 3.27. The second kappa shape index (κ2) is 5.17. The number of fused-ring (bicyclic) bond motifs is 1. The Hall–Kier alpha value is -1.73. The van der Waals surface area contributed by atoms with Crippen molar-refractivity contribution in [3.05, 3.63) is 36.2 Å². The number of aryl methyl sites for hydroxylation is 1. The summed E-state index contributed by atoms with van der Waals surface area (Å²) < 4.78 is 29.1. The summed E-state index contributed by atoms with van der Waals surface area (Å²) in [6.07, 6.45) is 3.10. The first-order valence-electron chi connectivity index (χ1n) is 7.62. The van der Waals surface area contributed by atoms with Crippen LogP contribution in [0.3, 0.4) is 0 Å². The van der Waals surface area contributed by atoms with E-state index in [1.165, 1.54) is 0 Å². The van der Waals surface area contributed by atoms with Crippen LogP contribution in [0.2, 0.25) is 0 Å². The summed E-state index contributed by atoms with van der Waals surface area (Å²) in [6.45, 7) is 0.596. The Labute approximate surface area is 129 Å². The minimum Gasteiger partial charge on any atom is -0.309 e. The third-order valence-electron chi connectivity index (χ3n) is 4.27. The van der Waals surface area contributed by atoms with E-state index in [9.17, 15) is 8.42 Å². The molecule has 0 radical (unpaired) electrons. The molecule has 2 heterocycles. The van der Waals surface area contributed by atoms with Crippen molar-refractivity contribution in [3.63, 3.8) is 0 Å². The van der Waals surface area contributed by atoms with Crippen molar-refractivity contribution >= 4 is 10.0 Å². The van der Waals surface area contributed by atoms with Crippen LogP contribution in [-0.2, 0) is 23.0 Å². The Morgan fingerprint density at radius 2 is 1.86 bits per heavy atom. The van der Waals surface area contributed by atoms with Gasteiger partial charge in [-0.1, -0.05) is 30.3 Å². The van der Waals surface area contributed by atoms with Gasteiger partial charge in [0.15, 0.2) is 5.82 Å². The van der Waals surface area contributed by atoms with Gasteiger partial charge in [0.1, 0.15) is 5.82 Å². The third-order valence-corrected chi connectivity index (χ3v) is 6.28. The minimum absolute atomic E-state index is 0.0726. The quantitative estimate of drug-likeness (QED) is 0.923. The second-order valence-corrected chi connectivity index (χ2v) is 8.01. The van der Waals surface area contributed by atoms with Crippen LogP contribution >= 0.6 is 0 Å². The molecule has 2 aromatic rings. The highest BCUT2D eigenvalue weighted by Gasteiger charge is 2.37. The first kappa shape index (κ1) is 13.9. The van der Waals surface area contributed by atoms with E-state index >= 15 is 0 Å². The molecule has 116 valence electrons. The molecule has 1 fully saturated rings. The standard InChI is InChI=1S/C15H18N4O2S/c20-22(21,13-7-8-13)18-12-6-9-14-16-17-15(19(14)10-12)11-4-2-1-3-5-11/h1-5,12-13,18H,6-10H2/t12-/m0/s1. The van der Waals surface area contributed by atoms with Crippen LogP contribution in [0.5, 0.6) is 0 Å². The predicted molar refractivity (Wildman–Crippen MR) is 82.6 cm³/mol. The number of aromatic nitrogens is 3. The molecule has 7 heteroatoms. The number of sulfonamides is 1. The molecule has 0 spiro atoms. The van der Waals surface area contributed by atoms with E-state index in [2.05, 4.69) is 14.9 Å². The average Bonchev–Trinajstić information content (AvgIpc) is 3.30. The van der Waals surface area contributed by atoms with Crippen LogP contribution in [0.15, 0.2) is 30.3 Å². The molecule has 22 heavy (non-hydrogen) atoms. The van der Waals surface area contributed by atoms with Crippen LogP contribution in [0.1, 0.15) is 25.1 Å². The van der Waals surface area contributed by atoms with Crippen LogP contribution in [0.4, 0.5) is 0 Å². The van der Waals surface area contributed by atoms with Crippen molar-refractivity contribution < 1.29 is 8.42 Å². The number of nitrogens with one attached hydrogen (secondary N) is 1. The largest absolute Gasteiger partial charge is 0.309 e. The fourth-order valence-corrected chi connectivity index (χ4v) is 4.54. The summed E-state index contributed by atoms with van der Waals surface area (Å²) in [7, 11) is -3.15. The van der Waals surface area contributed by atoms with Crippen LogP contribution < -0.4 is 4.72 Å². The van der Waals surface area contributed by atoms with E-state index in [1.54, 1.807) is 0 Å². The van der Waals surface area contributed by atoms with E-state index in [4.69, 9.17) is 0 Å². The van der Waals surface area contributed by atoms with Gasteiger partial charge in [0.2, 0.25) is 10.0 Å². The molecule has 1 aliphatic heterocycles. The van der Waals surface area contributed by atoms with E-state index in [0.717, 1.165) is 42.9 Å². The zero-order valence-electron chi connectivity index (χ0n) is 12.1. The zero-order chi connectivity index (χ0) is 15.2. The number of hydrogen-bond acceptors (Lipinski definition) is 4. The van der Waals surface area contributed by atoms with Crippen molar-refractivity contribution in [1.29, 1.82) is 0 Å². The van der Waals surface area contributed by atoms with Gasteiger partial charge in [-0.05, 0) is 19.3 Å². The molecule has 2 aliphatic rings. The molecule has 1 aliphatic carbocycles. The van der Waals surface area contributed by atoms with Gasteiger partial charge in [-0.3, -0.25) is 0 Å². The lowest BCUT2D eigenvalue weighted by Gasteiger charge is -2.25. The highest BCUT2D eigenvalue weighted by atomic mass is 32.2. The smallest absolute Gasteiger partial charge is 0.214 e. The van der Waals surface area contributed by atoms with Crippen LogP contribution in [0, 0.1) is 0 Å². The van der Waals surface area contributed by atoms with E-state index in [1.807, 2.05) is 34.9 Å². The molecule has 1 N–H and O–H groups in total. The van der Waals surface area contributed by atoms with Gasteiger partial charge in [-0.15, -0.1) is 10.2 Å². The van der Waals surface area contributed by atoms with Gasteiger partial charge in [0, 0.05) is 24.6 Å². The molecule has 1 aromatic heterocycles. The van der Waals surface area contributed by atoms with Gasteiger partial charge in [0.25, 0.3) is 0 Å². The first-order valence-corrected chi connectivity index (χ1v) is 9.17. The summed E-state index contributed by atoms with van der Waals surface area (Å²) in [5.74, 6) is 1.74. The number of rotatable bonds is 4. The minimum atomic E-state index is -3.15. The Morgan fingerprint density at radius 3 is 2.59 bits per heavy atom. The Bertz CT molecular complexity index is 781. The van der Waals surface area contributed by atoms with Gasteiger partial charge in [-0.2, -0.15) is 0 Å². The number of benzene rings is 1. The Balaban J connectivity index is 1.59. The van der Waals surface area contributed by atoms with E-state index < -0.39 is 10.0 Å². The maximum absolute atomic E-state index is 12.1. The van der Waals surface area contributed by atoms with Crippen molar-refractivity contribution in [2.24, 2.45) is 0 Å². The fraction of sp³-hybridized carbons (Fsp3) is 0.467. The predicted octanol–water partition coefficient (Wildman–Crippen LogP) is 1.34. The summed E-state index contributed by atoms with van der Waals surface area (Å²) in [6, 6.07) is 9.81. The third kappa shape index (κ3) is 2.55. The Morgan fingerprint density at radius 1 is 1.09 bits per heavy atom. The molecule has 0 amide bonds. The topological polar surface area (TPSA) is 76.9 Å². The summed E-state index contributed by atoms with van der Waals surface area (Å²) >= 11 is 0. The number of hydrogen-bond donors (Lipinski definition) is 1. The summed E-state index contributed by atoms with van der Waals surface area (Å²) in [4.78, 5) is 0. The van der Waals surface area contributed by atoms with Gasteiger partial charge < -0.3 is 4.57 Å². The summed E-state index contributed by atoms with van der Waals surface area (Å²) in [5, 5.41) is 8.35. The van der Waals surface area contributed by atoms with Crippen molar-refractivity contribution in [2.75, 3.05) is 0 Å². The molecule has 1 saturated carbocycles. The monoisotopic (exact) mass is 318 g/mol. The van der Waals surface area contributed by atoms with Gasteiger partial charge >= 0.3 is 0 Å². The highest BCUT2D eigenvalue weighted by molar-refractivity contribution is 7.90. The second-order valence-electron chi connectivity index (χ2n) is 6.01. The summed E-state index contributed by atoms with van der Waals surface area (Å²) in [5.41, 5.74) is 1.01. The molecule has 0 bridgehead atoms. The maximum Gasteiger partial charge on any atom is 0.214 e. The molecule has 0 saturated heterocycles. The fourth-order valence-electron chi connectivity index (χ4n) is 2.93. The highest BCUT2D eigenvalue weighted by Crippen LogP contribution is 2.29. The van der Waals surface area contributed by atoms with Gasteiger partial charge in [-0.25, -0.2) is 13.1 Å². The van der Waals surface area contributed by atoms with Gasteiger partial charge in [0.05, 0.1) is 5.25 Å². The lowest BCUT2D eigenvalue weighted by molar-refractivity contribution is 0.423. The van der Waals surface area contributed by atoms with Crippen LogP contribution in [0.25, 0.3) is 11.4 Å². The normalized spacial score (nSPS) is 21.5. The average molecular weight is 318 g/mol. The van der Waals surface area contributed by atoms with Crippen molar-refractivity contribution in [1.82, 2.24) is 19.5 Å². The first-order chi connectivity index (χ1) is 10.6. The molecule has 4 rings (SSSR count). The van der Waals surface area contributed by atoms with E-state index in [0.29, 0.717) is 6.54 Å². The van der Waals surface area contributed by atoms with Crippen molar-refractivity contribution in [2.45, 2.75) is 43.5 Å². The zero-order valence-corrected chi connectivity index (χ0v) is 13.0. The molecule has 0 unspecified atom stereocenters. The molecular weight excluding hydrogens is 300 g/mol.